The number of hydrogen-bond acceptors (Lipinski definition) is 2. The highest BCUT2D eigenvalue weighted by Gasteiger charge is 2.62. The van der Waals surface area contributed by atoms with Crippen molar-refractivity contribution in [3.63, 3.8) is 0 Å². The van der Waals surface area contributed by atoms with Crippen molar-refractivity contribution in [3.8, 4) is 5.75 Å². The summed E-state index contributed by atoms with van der Waals surface area (Å²) in [5.41, 5.74) is 7.71. The van der Waals surface area contributed by atoms with Crippen LogP contribution in [0.15, 0.2) is 24.3 Å². The Morgan fingerprint density at radius 1 is 1.44 bits per heavy atom. The van der Waals surface area contributed by atoms with Gasteiger partial charge in [0.05, 0.1) is 7.11 Å². The topological polar surface area (TPSA) is 35.2 Å². The zero-order chi connectivity index (χ0) is 11.2. The Bertz CT molecular complexity index is 399. The molecule has 0 bridgehead atoms. The summed E-state index contributed by atoms with van der Waals surface area (Å²) < 4.78 is 5.32. The quantitative estimate of drug-likeness (QED) is 0.840. The Morgan fingerprint density at radius 3 is 2.81 bits per heavy atom. The Balaban J connectivity index is 1.94. The molecule has 16 heavy (non-hydrogen) atoms. The van der Waals surface area contributed by atoms with Gasteiger partial charge >= 0.3 is 0 Å². The van der Waals surface area contributed by atoms with E-state index in [1.165, 1.54) is 24.8 Å². The van der Waals surface area contributed by atoms with Crippen LogP contribution in [0.4, 0.5) is 0 Å². The van der Waals surface area contributed by atoms with Gasteiger partial charge in [0.1, 0.15) is 5.75 Å². The molecule has 1 aromatic carbocycles. The molecule has 0 amide bonds. The fourth-order valence-corrected chi connectivity index (χ4v) is 3.24. The lowest BCUT2D eigenvalue weighted by atomic mass is 9.88. The first-order valence-electron chi connectivity index (χ1n) is 6.16. The summed E-state index contributed by atoms with van der Waals surface area (Å²) in [5.74, 6) is 2.56. The molecule has 0 aliphatic heterocycles. The van der Waals surface area contributed by atoms with Crippen LogP contribution in [-0.2, 0) is 5.41 Å². The van der Waals surface area contributed by atoms with Crippen LogP contribution in [0.1, 0.15) is 24.8 Å². The third kappa shape index (κ3) is 1.36. The second kappa shape index (κ2) is 3.49. The van der Waals surface area contributed by atoms with Gasteiger partial charge in [-0.2, -0.15) is 0 Å². The summed E-state index contributed by atoms with van der Waals surface area (Å²) in [5, 5.41) is 0. The minimum absolute atomic E-state index is 0.406. The predicted octanol–water partition coefficient (Wildman–Crippen LogP) is 2.32. The minimum Gasteiger partial charge on any atom is -0.497 e. The molecule has 2 atom stereocenters. The number of benzene rings is 1. The number of ether oxygens (including phenoxy) is 1. The summed E-state index contributed by atoms with van der Waals surface area (Å²) in [6.45, 7) is 0.827. The van der Waals surface area contributed by atoms with E-state index in [0.29, 0.717) is 11.3 Å². The van der Waals surface area contributed by atoms with E-state index in [2.05, 4.69) is 18.2 Å². The summed E-state index contributed by atoms with van der Waals surface area (Å²) in [6, 6.07) is 8.57. The maximum Gasteiger partial charge on any atom is 0.119 e. The molecule has 2 fully saturated rings. The van der Waals surface area contributed by atoms with Gasteiger partial charge in [0, 0.05) is 5.41 Å². The fraction of sp³-hybridized carbons (Fsp3) is 0.571. The van der Waals surface area contributed by atoms with Crippen LogP contribution < -0.4 is 10.5 Å². The molecule has 0 radical (unpaired) electrons. The lowest BCUT2D eigenvalue weighted by molar-refractivity contribution is 0.412. The van der Waals surface area contributed by atoms with Crippen molar-refractivity contribution in [2.75, 3.05) is 13.7 Å². The van der Waals surface area contributed by atoms with Crippen LogP contribution in [0, 0.1) is 11.8 Å². The lowest BCUT2D eigenvalue weighted by Crippen LogP contribution is -2.17. The van der Waals surface area contributed by atoms with Gasteiger partial charge in [-0.1, -0.05) is 12.1 Å². The predicted molar refractivity (Wildman–Crippen MR) is 64.6 cm³/mol. The van der Waals surface area contributed by atoms with E-state index in [4.69, 9.17) is 10.5 Å². The zero-order valence-corrected chi connectivity index (χ0v) is 9.78. The van der Waals surface area contributed by atoms with Gasteiger partial charge in [-0.15, -0.1) is 0 Å². The third-order valence-electron chi connectivity index (χ3n) is 4.35. The molecule has 2 saturated carbocycles. The van der Waals surface area contributed by atoms with Crippen molar-refractivity contribution in [1.29, 1.82) is 0 Å². The van der Waals surface area contributed by atoms with Crippen LogP contribution in [0.3, 0.4) is 0 Å². The van der Waals surface area contributed by atoms with Crippen molar-refractivity contribution in [1.82, 2.24) is 0 Å². The van der Waals surface area contributed by atoms with Gasteiger partial charge in [-0.05, 0) is 55.3 Å². The lowest BCUT2D eigenvalue weighted by Gasteiger charge is -2.18. The molecule has 1 aromatic rings. The van der Waals surface area contributed by atoms with Crippen LogP contribution in [0.2, 0.25) is 0 Å². The number of nitrogens with two attached hydrogens (primary N) is 1. The van der Waals surface area contributed by atoms with E-state index < -0.39 is 0 Å². The first-order valence-corrected chi connectivity index (χ1v) is 6.16. The molecule has 2 aliphatic carbocycles. The Kier molecular flexibility index (Phi) is 2.21. The Morgan fingerprint density at radius 2 is 2.25 bits per heavy atom. The second-order valence-electron chi connectivity index (χ2n) is 5.18. The number of rotatable bonds is 4. The fourth-order valence-electron chi connectivity index (χ4n) is 3.24. The Hall–Kier alpha value is -1.02. The van der Waals surface area contributed by atoms with E-state index in [-0.39, 0.29) is 0 Å². The smallest absolute Gasteiger partial charge is 0.119 e. The molecular formula is C14H19NO. The van der Waals surface area contributed by atoms with Crippen molar-refractivity contribution < 1.29 is 4.74 Å². The first-order chi connectivity index (χ1) is 7.81. The number of methoxy groups -OCH3 is 1. The highest BCUT2D eigenvalue weighted by atomic mass is 16.5. The van der Waals surface area contributed by atoms with Gasteiger partial charge in [0.25, 0.3) is 0 Å². The van der Waals surface area contributed by atoms with Crippen molar-refractivity contribution in [2.24, 2.45) is 17.6 Å². The molecule has 0 spiro atoms. The highest BCUT2D eigenvalue weighted by Crippen LogP contribution is 2.65. The molecule has 1 unspecified atom stereocenters. The maximum atomic E-state index is 5.85. The van der Waals surface area contributed by atoms with E-state index in [0.717, 1.165) is 18.2 Å². The summed E-state index contributed by atoms with van der Waals surface area (Å²) in [7, 11) is 1.73. The number of hydrogen-bond donors (Lipinski definition) is 1. The molecule has 2 N–H and O–H groups in total. The Labute approximate surface area is 96.8 Å². The normalized spacial score (nSPS) is 32.5. The minimum atomic E-state index is 0.406. The van der Waals surface area contributed by atoms with Crippen molar-refractivity contribution in [2.45, 2.75) is 24.7 Å². The van der Waals surface area contributed by atoms with Gasteiger partial charge in [-0.3, -0.25) is 0 Å². The SMILES string of the molecule is COc1cccc(C2(C3CC3)C[C@H]2CN)c1. The molecule has 0 heterocycles. The van der Waals surface area contributed by atoms with Crippen LogP contribution in [-0.4, -0.2) is 13.7 Å². The van der Waals surface area contributed by atoms with E-state index in [1.807, 2.05) is 6.07 Å². The van der Waals surface area contributed by atoms with Gasteiger partial charge in [0.15, 0.2) is 0 Å². The monoisotopic (exact) mass is 217 g/mol. The van der Waals surface area contributed by atoms with Crippen LogP contribution in [0.25, 0.3) is 0 Å². The van der Waals surface area contributed by atoms with Crippen molar-refractivity contribution in [3.05, 3.63) is 29.8 Å². The standard InChI is InChI=1S/C14H19NO/c1-16-13-4-2-3-11(7-13)14(10-5-6-10)8-12(14)9-15/h2-4,7,10,12H,5-6,8-9,15H2,1H3/t12-,14?/m0/s1. The summed E-state index contributed by atoms with van der Waals surface area (Å²) in [6.07, 6.45) is 4.04. The molecule has 3 rings (SSSR count). The highest BCUT2D eigenvalue weighted by molar-refractivity contribution is 5.41. The summed E-state index contributed by atoms with van der Waals surface area (Å²) >= 11 is 0. The average Bonchev–Trinajstić information content (AvgIpc) is 3.19. The molecule has 2 nitrogen and oxygen atoms in total. The maximum absolute atomic E-state index is 5.85. The molecule has 0 aromatic heterocycles. The molecule has 2 heteroatoms. The molecule has 2 aliphatic rings. The summed E-state index contributed by atoms with van der Waals surface area (Å²) in [4.78, 5) is 0. The second-order valence-corrected chi connectivity index (χ2v) is 5.18. The van der Waals surface area contributed by atoms with Crippen molar-refractivity contribution >= 4 is 0 Å². The molecular weight excluding hydrogens is 198 g/mol. The molecule has 86 valence electrons. The molecule has 0 saturated heterocycles. The van der Waals surface area contributed by atoms with Crippen LogP contribution >= 0.6 is 0 Å². The van der Waals surface area contributed by atoms with Gasteiger partial charge in [0.2, 0.25) is 0 Å². The van der Waals surface area contributed by atoms with Gasteiger partial charge in [-0.25, -0.2) is 0 Å². The first kappa shape index (κ1) is 10.2. The third-order valence-corrected chi connectivity index (χ3v) is 4.35. The zero-order valence-electron chi connectivity index (χ0n) is 9.78. The van der Waals surface area contributed by atoms with Gasteiger partial charge < -0.3 is 10.5 Å². The van der Waals surface area contributed by atoms with E-state index in [9.17, 15) is 0 Å². The van der Waals surface area contributed by atoms with E-state index >= 15 is 0 Å². The average molecular weight is 217 g/mol. The largest absolute Gasteiger partial charge is 0.497 e. The van der Waals surface area contributed by atoms with Crippen LogP contribution in [0.5, 0.6) is 5.75 Å². The van der Waals surface area contributed by atoms with E-state index in [1.54, 1.807) is 7.11 Å².